The van der Waals surface area contributed by atoms with Crippen LogP contribution >= 0.6 is 0 Å². The number of hydrogen-bond donors (Lipinski definition) is 0. The first-order valence-corrected chi connectivity index (χ1v) is 12.1. The Morgan fingerprint density at radius 2 is 1.73 bits per heavy atom. The molecule has 0 unspecified atom stereocenters. The molecule has 2 aliphatic heterocycles. The highest BCUT2D eigenvalue weighted by Crippen LogP contribution is 2.52. The number of anilines is 2. The molecule has 2 amide bonds. The van der Waals surface area contributed by atoms with Crippen molar-refractivity contribution >= 4 is 33.0 Å². The van der Waals surface area contributed by atoms with E-state index in [9.17, 15) is 22.4 Å². The van der Waals surface area contributed by atoms with E-state index in [0.29, 0.717) is 5.69 Å². The van der Waals surface area contributed by atoms with Crippen LogP contribution in [0.25, 0.3) is 0 Å². The molecule has 1 fully saturated rings. The Morgan fingerprint density at radius 3 is 2.48 bits per heavy atom. The van der Waals surface area contributed by atoms with Crippen LogP contribution in [0.2, 0.25) is 0 Å². The molecule has 6 nitrogen and oxygen atoms in total. The molecule has 0 aliphatic carbocycles. The number of fused-ring (bicyclic) bond motifs is 2. The van der Waals surface area contributed by atoms with E-state index in [1.54, 1.807) is 24.3 Å². The minimum absolute atomic E-state index is 0.0258. The number of aryl methyl sites for hydroxylation is 2. The molecular weight excluding hydrogens is 443 g/mol. The van der Waals surface area contributed by atoms with E-state index in [4.69, 9.17) is 0 Å². The van der Waals surface area contributed by atoms with Gasteiger partial charge in [-0.3, -0.25) is 14.5 Å². The van der Waals surface area contributed by atoms with Gasteiger partial charge in [0, 0.05) is 11.3 Å². The molecule has 2 aliphatic rings. The van der Waals surface area contributed by atoms with Gasteiger partial charge in [0.2, 0.25) is 5.91 Å². The SMILES string of the molecule is Cc1ccc(C)c(CN2C(=O)[C@]3(c4ccccc42)N(c2cccc(F)c2)C(=O)CS3(=O)=O)c1. The van der Waals surface area contributed by atoms with Gasteiger partial charge in [-0.2, -0.15) is 0 Å². The summed E-state index contributed by atoms with van der Waals surface area (Å²) in [7, 11) is -4.29. The number of sulfone groups is 1. The van der Waals surface area contributed by atoms with Crippen molar-refractivity contribution in [1.29, 1.82) is 0 Å². The molecule has 1 atom stereocenters. The molecule has 0 N–H and O–H groups in total. The van der Waals surface area contributed by atoms with Gasteiger partial charge in [0.15, 0.2) is 9.84 Å². The number of carbonyl (C=O) groups is 2. The van der Waals surface area contributed by atoms with Crippen molar-refractivity contribution in [3.8, 4) is 0 Å². The van der Waals surface area contributed by atoms with Gasteiger partial charge in [-0.25, -0.2) is 12.8 Å². The summed E-state index contributed by atoms with van der Waals surface area (Å²) in [5.41, 5.74) is 3.49. The number of benzene rings is 3. The highest BCUT2D eigenvalue weighted by Gasteiger charge is 2.69. The van der Waals surface area contributed by atoms with E-state index >= 15 is 0 Å². The summed E-state index contributed by atoms with van der Waals surface area (Å²) in [6, 6.07) is 17.5. The zero-order chi connectivity index (χ0) is 23.5. The second kappa shape index (κ2) is 7.25. The summed E-state index contributed by atoms with van der Waals surface area (Å²) in [5, 5.41) is 0. The summed E-state index contributed by atoms with van der Waals surface area (Å²) in [4.78, 5) is 27.2. The van der Waals surface area contributed by atoms with Crippen molar-refractivity contribution in [2.75, 3.05) is 15.6 Å². The maximum Gasteiger partial charge on any atom is 0.274 e. The van der Waals surface area contributed by atoms with Crippen LogP contribution in [0.1, 0.15) is 22.3 Å². The van der Waals surface area contributed by atoms with Crippen LogP contribution in [-0.2, 0) is 30.8 Å². The van der Waals surface area contributed by atoms with Crippen molar-refractivity contribution in [3.05, 3.63) is 94.8 Å². The largest absolute Gasteiger partial charge is 0.304 e. The fraction of sp³-hybridized carbons (Fsp3) is 0.200. The third-order valence-corrected chi connectivity index (χ3v) is 8.43. The van der Waals surface area contributed by atoms with Crippen LogP contribution in [0.3, 0.4) is 0 Å². The molecule has 33 heavy (non-hydrogen) atoms. The van der Waals surface area contributed by atoms with E-state index in [2.05, 4.69) is 0 Å². The van der Waals surface area contributed by atoms with E-state index in [0.717, 1.165) is 27.7 Å². The number of rotatable bonds is 3. The lowest BCUT2D eigenvalue weighted by Crippen LogP contribution is -2.54. The Bertz CT molecular complexity index is 1440. The van der Waals surface area contributed by atoms with Gasteiger partial charge < -0.3 is 4.90 Å². The lowest BCUT2D eigenvalue weighted by molar-refractivity contribution is -0.123. The second-order valence-corrected chi connectivity index (χ2v) is 10.6. The van der Waals surface area contributed by atoms with Crippen molar-refractivity contribution in [2.45, 2.75) is 25.3 Å². The first kappa shape index (κ1) is 21.3. The molecule has 1 spiro atoms. The molecule has 1 saturated heterocycles. The predicted octanol–water partition coefficient (Wildman–Crippen LogP) is 3.60. The molecule has 168 valence electrons. The minimum atomic E-state index is -4.29. The number of para-hydroxylation sites is 1. The quantitative estimate of drug-likeness (QED) is 0.594. The van der Waals surface area contributed by atoms with Gasteiger partial charge in [0.1, 0.15) is 11.6 Å². The number of nitrogens with zero attached hydrogens (tertiary/aromatic N) is 2. The van der Waals surface area contributed by atoms with Gasteiger partial charge >= 0.3 is 0 Å². The average Bonchev–Trinajstić information content (AvgIpc) is 3.13. The van der Waals surface area contributed by atoms with Crippen LogP contribution < -0.4 is 9.80 Å². The lowest BCUT2D eigenvalue weighted by Gasteiger charge is -2.32. The maximum atomic E-state index is 14.1. The number of hydrogen-bond acceptors (Lipinski definition) is 4. The molecule has 5 rings (SSSR count). The zero-order valence-corrected chi connectivity index (χ0v) is 18.9. The predicted molar refractivity (Wildman–Crippen MR) is 123 cm³/mol. The van der Waals surface area contributed by atoms with Gasteiger partial charge in [0.05, 0.1) is 12.2 Å². The Hall–Kier alpha value is -3.52. The molecule has 3 aromatic carbocycles. The average molecular weight is 465 g/mol. The standard InChI is InChI=1S/C25H21FN2O4S/c1-16-10-11-17(2)18(12-16)14-27-22-9-4-3-8-21(22)25(24(27)30)28(23(29)15-33(25,31)32)20-7-5-6-19(26)13-20/h3-13H,14-15H2,1-2H3/t25-/m1/s1. The topological polar surface area (TPSA) is 74.8 Å². The Balaban J connectivity index is 1.75. The summed E-state index contributed by atoms with van der Waals surface area (Å²) < 4.78 is 41.2. The van der Waals surface area contributed by atoms with Crippen LogP contribution in [0.4, 0.5) is 15.8 Å². The second-order valence-electron chi connectivity index (χ2n) is 8.45. The Labute approximate surface area is 191 Å². The van der Waals surface area contributed by atoms with E-state index in [1.807, 2.05) is 32.0 Å². The third kappa shape index (κ3) is 2.94. The first-order chi connectivity index (χ1) is 15.7. The molecule has 8 heteroatoms. The Kier molecular flexibility index (Phi) is 4.68. The highest BCUT2D eigenvalue weighted by atomic mass is 32.2. The molecule has 0 bridgehead atoms. The maximum absolute atomic E-state index is 14.1. The van der Waals surface area contributed by atoms with Gasteiger partial charge in [-0.15, -0.1) is 0 Å². The number of amides is 2. The normalized spacial score (nSPS) is 21.2. The summed E-state index contributed by atoms with van der Waals surface area (Å²) >= 11 is 0. The first-order valence-electron chi connectivity index (χ1n) is 10.5. The minimum Gasteiger partial charge on any atom is -0.304 e. The van der Waals surface area contributed by atoms with E-state index in [1.165, 1.54) is 23.1 Å². The van der Waals surface area contributed by atoms with E-state index < -0.39 is 38.1 Å². The molecule has 0 aromatic heterocycles. The van der Waals surface area contributed by atoms with Gasteiger partial charge in [0.25, 0.3) is 10.8 Å². The van der Waals surface area contributed by atoms with Crippen LogP contribution in [0, 0.1) is 19.7 Å². The number of halogens is 1. The van der Waals surface area contributed by atoms with Crippen molar-refractivity contribution in [2.24, 2.45) is 0 Å². The molecular formula is C25H21FN2O4S. The van der Waals surface area contributed by atoms with Crippen LogP contribution in [-0.4, -0.2) is 26.0 Å². The third-order valence-electron chi connectivity index (χ3n) is 6.32. The van der Waals surface area contributed by atoms with Gasteiger partial charge in [-0.05, 0) is 49.2 Å². The Morgan fingerprint density at radius 1 is 0.970 bits per heavy atom. The summed E-state index contributed by atoms with van der Waals surface area (Å²) in [6.45, 7) is 4.01. The van der Waals surface area contributed by atoms with Crippen molar-refractivity contribution < 1.29 is 22.4 Å². The lowest BCUT2D eigenvalue weighted by atomic mass is 10.0. The highest BCUT2D eigenvalue weighted by molar-refractivity contribution is 7.94. The van der Waals surface area contributed by atoms with Gasteiger partial charge in [-0.1, -0.05) is 48.0 Å². The molecule has 0 radical (unpaired) electrons. The number of carbonyl (C=O) groups excluding carboxylic acids is 2. The molecule has 2 heterocycles. The van der Waals surface area contributed by atoms with Crippen LogP contribution in [0.15, 0.2) is 66.7 Å². The monoisotopic (exact) mass is 464 g/mol. The van der Waals surface area contributed by atoms with Crippen molar-refractivity contribution in [3.63, 3.8) is 0 Å². The molecule has 3 aromatic rings. The van der Waals surface area contributed by atoms with Crippen LogP contribution in [0.5, 0.6) is 0 Å². The summed E-state index contributed by atoms with van der Waals surface area (Å²) in [5.74, 6) is -2.97. The fourth-order valence-corrected chi connectivity index (χ4v) is 6.84. The van der Waals surface area contributed by atoms with Crippen molar-refractivity contribution in [1.82, 2.24) is 0 Å². The molecule has 0 saturated carbocycles. The summed E-state index contributed by atoms with van der Waals surface area (Å²) in [6.07, 6.45) is 0. The zero-order valence-electron chi connectivity index (χ0n) is 18.1. The smallest absolute Gasteiger partial charge is 0.274 e. The van der Waals surface area contributed by atoms with E-state index in [-0.39, 0.29) is 17.8 Å². The fourth-order valence-electron chi connectivity index (χ4n) is 4.80.